The predicted molar refractivity (Wildman–Crippen MR) is 59.2 cm³/mol. The maximum Gasteiger partial charge on any atom is 0.228 e. The third-order valence-electron chi connectivity index (χ3n) is 2.32. The first-order chi connectivity index (χ1) is 8.03. The zero-order valence-electron chi connectivity index (χ0n) is 9.55. The summed E-state index contributed by atoms with van der Waals surface area (Å²) in [5.74, 6) is 0.455. The Balaban J connectivity index is 1.93. The van der Waals surface area contributed by atoms with Crippen LogP contribution in [0.1, 0.15) is 11.7 Å². The van der Waals surface area contributed by atoms with Crippen molar-refractivity contribution in [1.82, 2.24) is 15.5 Å². The number of hydrogen-bond acceptors (Lipinski definition) is 7. The van der Waals surface area contributed by atoms with Crippen molar-refractivity contribution in [2.45, 2.75) is 18.2 Å². The first kappa shape index (κ1) is 12.5. The zero-order valence-corrected chi connectivity index (χ0v) is 10.4. The third-order valence-corrected chi connectivity index (χ3v) is 3.10. The van der Waals surface area contributed by atoms with Crippen LogP contribution in [0.25, 0.3) is 0 Å². The fraction of sp³-hybridized carbons (Fsp3) is 0.778. The average Bonchev–Trinajstić information content (AvgIpc) is 2.64. The van der Waals surface area contributed by atoms with Crippen molar-refractivity contribution in [2.24, 2.45) is 0 Å². The molecule has 17 heavy (non-hydrogen) atoms. The molecule has 1 saturated heterocycles. The number of nitrogens with zero attached hydrogens (tertiary/aromatic N) is 2. The van der Waals surface area contributed by atoms with E-state index in [4.69, 9.17) is 9.26 Å². The maximum atomic E-state index is 11.0. The summed E-state index contributed by atoms with van der Waals surface area (Å²) in [7, 11) is -3.12. The summed E-state index contributed by atoms with van der Waals surface area (Å²) in [6.45, 7) is 2.11. The molecule has 0 amide bonds. The monoisotopic (exact) mass is 261 g/mol. The van der Waals surface area contributed by atoms with Crippen LogP contribution in [0.15, 0.2) is 4.52 Å². The van der Waals surface area contributed by atoms with Crippen LogP contribution < -0.4 is 5.32 Å². The van der Waals surface area contributed by atoms with Crippen LogP contribution in [0, 0.1) is 0 Å². The van der Waals surface area contributed by atoms with Gasteiger partial charge in [0.25, 0.3) is 0 Å². The van der Waals surface area contributed by atoms with E-state index in [1.54, 1.807) is 0 Å². The van der Waals surface area contributed by atoms with Crippen molar-refractivity contribution in [3.05, 3.63) is 11.7 Å². The van der Waals surface area contributed by atoms with Gasteiger partial charge in [0.2, 0.25) is 5.89 Å². The third kappa shape index (κ3) is 4.06. The lowest BCUT2D eigenvalue weighted by Gasteiger charge is -2.22. The molecule has 1 aliphatic heterocycles. The molecule has 7 nitrogen and oxygen atoms in total. The van der Waals surface area contributed by atoms with Crippen molar-refractivity contribution in [1.29, 1.82) is 0 Å². The van der Waals surface area contributed by atoms with Gasteiger partial charge in [-0.05, 0) is 0 Å². The molecular formula is C9H15N3O4S. The number of aromatic nitrogens is 2. The molecule has 0 spiro atoms. The number of hydrogen-bond donors (Lipinski definition) is 1. The van der Waals surface area contributed by atoms with E-state index < -0.39 is 9.84 Å². The second kappa shape index (κ2) is 5.11. The Morgan fingerprint density at radius 3 is 3.00 bits per heavy atom. The lowest BCUT2D eigenvalue weighted by molar-refractivity contribution is 0.0744. The highest BCUT2D eigenvalue weighted by Crippen LogP contribution is 2.06. The summed E-state index contributed by atoms with van der Waals surface area (Å²) in [6, 6.07) is 0.148. The summed E-state index contributed by atoms with van der Waals surface area (Å²) in [4.78, 5) is 4.04. The quantitative estimate of drug-likeness (QED) is 0.754. The van der Waals surface area contributed by atoms with Gasteiger partial charge in [0.15, 0.2) is 15.7 Å². The van der Waals surface area contributed by atoms with E-state index in [2.05, 4.69) is 15.5 Å². The van der Waals surface area contributed by atoms with Gasteiger partial charge in [-0.3, -0.25) is 0 Å². The molecule has 0 aromatic carbocycles. The van der Waals surface area contributed by atoms with E-state index in [0.717, 1.165) is 12.8 Å². The summed E-state index contributed by atoms with van der Waals surface area (Å²) in [5.41, 5.74) is 0. The van der Waals surface area contributed by atoms with Gasteiger partial charge in [-0.2, -0.15) is 4.98 Å². The predicted octanol–water partition coefficient (Wildman–Crippen LogP) is -0.855. The van der Waals surface area contributed by atoms with Gasteiger partial charge < -0.3 is 14.6 Å². The molecule has 1 aromatic heterocycles. The SMILES string of the molecule is CS(=O)(=O)Cc1noc(CC2COCCN2)n1. The largest absolute Gasteiger partial charge is 0.378 e. The van der Waals surface area contributed by atoms with Crippen LogP contribution in [-0.4, -0.2) is 50.6 Å². The molecule has 1 unspecified atom stereocenters. The van der Waals surface area contributed by atoms with Gasteiger partial charge in [-0.15, -0.1) is 0 Å². The van der Waals surface area contributed by atoms with E-state index in [9.17, 15) is 8.42 Å². The number of sulfone groups is 1. The van der Waals surface area contributed by atoms with Gasteiger partial charge in [0.05, 0.1) is 13.2 Å². The van der Waals surface area contributed by atoms with E-state index >= 15 is 0 Å². The van der Waals surface area contributed by atoms with Crippen LogP contribution in [-0.2, 0) is 26.7 Å². The lowest BCUT2D eigenvalue weighted by atomic mass is 10.2. The number of nitrogens with one attached hydrogen (secondary N) is 1. The fourth-order valence-electron chi connectivity index (χ4n) is 1.63. The Morgan fingerprint density at radius 1 is 1.53 bits per heavy atom. The van der Waals surface area contributed by atoms with Gasteiger partial charge >= 0.3 is 0 Å². The van der Waals surface area contributed by atoms with Crippen LogP contribution in [0.3, 0.4) is 0 Å². The standard InChI is InChI=1S/C9H15N3O4S/c1-17(13,14)6-8-11-9(16-12-8)4-7-5-15-3-2-10-7/h7,10H,2-6H2,1H3. The highest BCUT2D eigenvalue weighted by Gasteiger charge is 2.18. The van der Waals surface area contributed by atoms with Crippen molar-refractivity contribution >= 4 is 9.84 Å². The number of ether oxygens (including phenoxy) is 1. The van der Waals surface area contributed by atoms with Crippen LogP contribution in [0.2, 0.25) is 0 Å². The van der Waals surface area contributed by atoms with Gasteiger partial charge in [0.1, 0.15) is 5.75 Å². The molecule has 1 aromatic rings. The molecule has 2 rings (SSSR count). The van der Waals surface area contributed by atoms with Crippen molar-refractivity contribution in [2.75, 3.05) is 26.0 Å². The zero-order chi connectivity index (χ0) is 12.3. The van der Waals surface area contributed by atoms with Gasteiger partial charge in [-0.1, -0.05) is 5.16 Å². The Labute approximate surface area is 99.5 Å². The van der Waals surface area contributed by atoms with Crippen LogP contribution >= 0.6 is 0 Å². The molecule has 1 fully saturated rings. The maximum absolute atomic E-state index is 11.0. The van der Waals surface area contributed by atoms with E-state index in [-0.39, 0.29) is 17.6 Å². The Bertz CT molecular complexity index is 464. The van der Waals surface area contributed by atoms with E-state index in [1.165, 1.54) is 0 Å². The number of morpholine rings is 1. The molecule has 1 aliphatic rings. The summed E-state index contributed by atoms with van der Waals surface area (Å²) < 4.78 is 32.4. The van der Waals surface area contributed by atoms with E-state index in [0.29, 0.717) is 25.5 Å². The minimum absolute atomic E-state index is 0.148. The molecule has 1 atom stereocenters. The van der Waals surface area contributed by atoms with Crippen LogP contribution in [0.4, 0.5) is 0 Å². The molecule has 8 heteroatoms. The normalized spacial score (nSPS) is 21.6. The molecular weight excluding hydrogens is 246 g/mol. The molecule has 0 aliphatic carbocycles. The lowest BCUT2D eigenvalue weighted by Crippen LogP contribution is -2.42. The first-order valence-electron chi connectivity index (χ1n) is 5.33. The smallest absolute Gasteiger partial charge is 0.228 e. The molecule has 1 N–H and O–H groups in total. The topological polar surface area (TPSA) is 94.3 Å². The second-order valence-corrected chi connectivity index (χ2v) is 6.24. The van der Waals surface area contributed by atoms with Crippen molar-refractivity contribution in [3.63, 3.8) is 0 Å². The molecule has 2 heterocycles. The fourth-order valence-corrected chi connectivity index (χ4v) is 2.21. The Hall–Kier alpha value is -0.990. The summed E-state index contributed by atoms with van der Waals surface area (Å²) >= 11 is 0. The average molecular weight is 261 g/mol. The van der Waals surface area contributed by atoms with Gasteiger partial charge in [0, 0.05) is 25.3 Å². The van der Waals surface area contributed by atoms with Crippen molar-refractivity contribution < 1.29 is 17.7 Å². The number of rotatable bonds is 4. The molecule has 96 valence electrons. The molecule has 0 saturated carbocycles. The molecule has 0 radical (unpaired) electrons. The van der Waals surface area contributed by atoms with E-state index in [1.807, 2.05) is 0 Å². The highest BCUT2D eigenvalue weighted by molar-refractivity contribution is 7.89. The Kier molecular flexibility index (Phi) is 3.75. The minimum atomic E-state index is -3.12. The van der Waals surface area contributed by atoms with Crippen molar-refractivity contribution in [3.8, 4) is 0 Å². The molecule has 0 bridgehead atoms. The van der Waals surface area contributed by atoms with Crippen LogP contribution in [0.5, 0.6) is 0 Å². The Morgan fingerprint density at radius 2 is 2.35 bits per heavy atom. The minimum Gasteiger partial charge on any atom is -0.378 e. The second-order valence-electron chi connectivity index (χ2n) is 4.10. The van der Waals surface area contributed by atoms with Gasteiger partial charge in [-0.25, -0.2) is 8.42 Å². The highest BCUT2D eigenvalue weighted by atomic mass is 32.2. The summed E-state index contributed by atoms with van der Waals surface area (Å²) in [6.07, 6.45) is 1.69. The summed E-state index contributed by atoms with van der Waals surface area (Å²) in [5, 5.41) is 6.89. The first-order valence-corrected chi connectivity index (χ1v) is 7.39.